The molecule has 2 aromatic heterocycles. The molecule has 2 aromatic rings. The van der Waals surface area contributed by atoms with E-state index in [0.717, 1.165) is 29.8 Å². The van der Waals surface area contributed by atoms with Gasteiger partial charge in [-0.2, -0.15) is 0 Å². The number of rotatable bonds is 0. The molecule has 1 aliphatic rings. The fourth-order valence-electron chi connectivity index (χ4n) is 2.48. The molecule has 3 heteroatoms. The first-order chi connectivity index (χ1) is 7.84. The van der Waals surface area contributed by atoms with E-state index in [1.54, 1.807) is 0 Å². The first-order valence-corrected chi connectivity index (χ1v) is 6.17. The lowest BCUT2D eigenvalue weighted by Gasteiger charge is -2.11. The van der Waals surface area contributed by atoms with Crippen LogP contribution in [0, 0.1) is 6.92 Å². The Bertz CT molecular complexity index is 513. The SMILES string of the molecule is Cc1ccc2nc3n(c2n1)CCCCCC3. The monoisotopic (exact) mass is 215 g/mol. The molecule has 0 saturated carbocycles. The first-order valence-electron chi connectivity index (χ1n) is 6.17. The van der Waals surface area contributed by atoms with E-state index in [0.29, 0.717) is 0 Å². The maximum Gasteiger partial charge on any atom is 0.160 e. The highest BCUT2D eigenvalue weighted by Crippen LogP contribution is 2.20. The number of aryl methyl sites for hydroxylation is 3. The molecule has 0 fully saturated rings. The Labute approximate surface area is 95.5 Å². The van der Waals surface area contributed by atoms with Crippen molar-refractivity contribution in [2.24, 2.45) is 0 Å². The van der Waals surface area contributed by atoms with Crippen molar-refractivity contribution in [1.29, 1.82) is 0 Å². The summed E-state index contributed by atoms with van der Waals surface area (Å²) in [6, 6.07) is 4.14. The number of pyridine rings is 1. The van der Waals surface area contributed by atoms with Gasteiger partial charge in [0.15, 0.2) is 5.65 Å². The maximum atomic E-state index is 4.70. The standard InChI is InChI=1S/C13H17N3/c1-10-7-8-11-13(14-10)16-9-5-3-2-4-6-12(16)15-11/h7-8H,2-6,9H2,1H3. The van der Waals surface area contributed by atoms with Crippen LogP contribution in [-0.4, -0.2) is 14.5 Å². The van der Waals surface area contributed by atoms with E-state index in [-0.39, 0.29) is 0 Å². The third kappa shape index (κ3) is 1.60. The van der Waals surface area contributed by atoms with Crippen molar-refractivity contribution >= 4 is 11.2 Å². The predicted octanol–water partition coefficient (Wildman–Crippen LogP) is 2.86. The summed E-state index contributed by atoms with van der Waals surface area (Å²) >= 11 is 0. The second-order valence-electron chi connectivity index (χ2n) is 4.64. The number of fused-ring (bicyclic) bond motifs is 3. The quantitative estimate of drug-likeness (QED) is 0.676. The summed E-state index contributed by atoms with van der Waals surface area (Å²) in [5.41, 5.74) is 3.22. The predicted molar refractivity (Wildman–Crippen MR) is 64.4 cm³/mol. The van der Waals surface area contributed by atoms with Gasteiger partial charge < -0.3 is 4.57 Å². The third-order valence-corrected chi connectivity index (χ3v) is 3.34. The zero-order valence-corrected chi connectivity index (χ0v) is 9.74. The molecule has 84 valence electrons. The van der Waals surface area contributed by atoms with Gasteiger partial charge >= 0.3 is 0 Å². The smallest absolute Gasteiger partial charge is 0.160 e. The highest BCUT2D eigenvalue weighted by Gasteiger charge is 2.13. The van der Waals surface area contributed by atoms with Crippen LogP contribution in [0.4, 0.5) is 0 Å². The molecule has 3 nitrogen and oxygen atoms in total. The third-order valence-electron chi connectivity index (χ3n) is 3.34. The molecule has 0 unspecified atom stereocenters. The van der Waals surface area contributed by atoms with E-state index in [4.69, 9.17) is 4.98 Å². The number of nitrogens with zero attached hydrogens (tertiary/aromatic N) is 3. The zero-order valence-electron chi connectivity index (χ0n) is 9.74. The Balaban J connectivity index is 2.17. The molecule has 0 atom stereocenters. The van der Waals surface area contributed by atoms with E-state index in [1.165, 1.54) is 31.5 Å². The first kappa shape index (κ1) is 9.82. The Hall–Kier alpha value is -1.38. The van der Waals surface area contributed by atoms with Crippen LogP contribution in [0.15, 0.2) is 12.1 Å². The average molecular weight is 215 g/mol. The van der Waals surface area contributed by atoms with Crippen LogP contribution in [0.1, 0.15) is 37.2 Å². The lowest BCUT2D eigenvalue weighted by atomic mass is 10.1. The van der Waals surface area contributed by atoms with E-state index >= 15 is 0 Å². The minimum Gasteiger partial charge on any atom is -0.313 e. The molecule has 0 spiro atoms. The fourth-order valence-corrected chi connectivity index (χ4v) is 2.48. The minimum atomic E-state index is 1.06. The van der Waals surface area contributed by atoms with Gasteiger partial charge in [0.2, 0.25) is 0 Å². The summed E-state index contributed by atoms with van der Waals surface area (Å²) in [4.78, 5) is 9.32. The van der Waals surface area contributed by atoms with Gasteiger partial charge in [-0.3, -0.25) is 0 Å². The highest BCUT2D eigenvalue weighted by atomic mass is 15.1. The van der Waals surface area contributed by atoms with Crippen LogP contribution in [0.25, 0.3) is 11.2 Å². The lowest BCUT2D eigenvalue weighted by molar-refractivity contribution is 0.522. The van der Waals surface area contributed by atoms with E-state index < -0.39 is 0 Å². The number of hydrogen-bond donors (Lipinski definition) is 0. The van der Waals surface area contributed by atoms with Gasteiger partial charge in [0.25, 0.3) is 0 Å². The molecule has 1 aliphatic heterocycles. The van der Waals surface area contributed by atoms with Crippen molar-refractivity contribution in [2.45, 2.75) is 45.6 Å². The van der Waals surface area contributed by atoms with Gasteiger partial charge in [0.05, 0.1) is 0 Å². The summed E-state index contributed by atoms with van der Waals surface area (Å²) in [7, 11) is 0. The molecule has 3 rings (SSSR count). The second kappa shape index (κ2) is 3.89. The average Bonchev–Trinajstić information content (AvgIpc) is 2.55. The maximum absolute atomic E-state index is 4.70. The fraction of sp³-hybridized carbons (Fsp3) is 0.538. The van der Waals surface area contributed by atoms with Crippen LogP contribution in [0.5, 0.6) is 0 Å². The minimum absolute atomic E-state index is 1.06. The molecule has 0 bridgehead atoms. The summed E-state index contributed by atoms with van der Waals surface area (Å²) in [6.45, 7) is 3.13. The summed E-state index contributed by atoms with van der Waals surface area (Å²) in [5, 5.41) is 0. The van der Waals surface area contributed by atoms with E-state index in [9.17, 15) is 0 Å². The molecular formula is C13H17N3. The lowest BCUT2D eigenvalue weighted by Crippen LogP contribution is -2.07. The normalized spacial score (nSPS) is 16.8. The molecule has 0 amide bonds. The Kier molecular flexibility index (Phi) is 2.39. The van der Waals surface area contributed by atoms with Gasteiger partial charge in [-0.25, -0.2) is 9.97 Å². The summed E-state index contributed by atoms with van der Waals surface area (Å²) < 4.78 is 2.32. The van der Waals surface area contributed by atoms with Crippen molar-refractivity contribution < 1.29 is 0 Å². The van der Waals surface area contributed by atoms with Gasteiger partial charge in [-0.15, -0.1) is 0 Å². The zero-order chi connectivity index (χ0) is 11.0. The van der Waals surface area contributed by atoms with Gasteiger partial charge in [0.1, 0.15) is 11.3 Å². The van der Waals surface area contributed by atoms with Crippen LogP contribution in [-0.2, 0) is 13.0 Å². The second-order valence-corrected chi connectivity index (χ2v) is 4.64. The molecule has 0 radical (unpaired) electrons. The largest absolute Gasteiger partial charge is 0.313 e. The van der Waals surface area contributed by atoms with Crippen LogP contribution in [0.3, 0.4) is 0 Å². The van der Waals surface area contributed by atoms with Crippen LogP contribution < -0.4 is 0 Å². The van der Waals surface area contributed by atoms with Gasteiger partial charge in [-0.05, 0) is 31.9 Å². The Morgan fingerprint density at radius 2 is 1.94 bits per heavy atom. The molecule has 0 aromatic carbocycles. The molecule has 0 saturated heterocycles. The van der Waals surface area contributed by atoms with Crippen molar-refractivity contribution in [3.63, 3.8) is 0 Å². The van der Waals surface area contributed by atoms with Crippen molar-refractivity contribution in [1.82, 2.24) is 14.5 Å². The topological polar surface area (TPSA) is 30.7 Å². The molecule has 0 N–H and O–H groups in total. The summed E-state index contributed by atoms with van der Waals surface area (Å²) in [6.07, 6.45) is 6.31. The van der Waals surface area contributed by atoms with Crippen molar-refractivity contribution in [3.05, 3.63) is 23.7 Å². The number of hydrogen-bond acceptors (Lipinski definition) is 2. The Morgan fingerprint density at radius 1 is 1.06 bits per heavy atom. The van der Waals surface area contributed by atoms with Crippen LogP contribution in [0.2, 0.25) is 0 Å². The van der Waals surface area contributed by atoms with Gasteiger partial charge in [-0.1, -0.05) is 12.8 Å². The van der Waals surface area contributed by atoms with Gasteiger partial charge in [0, 0.05) is 18.7 Å². The summed E-state index contributed by atoms with van der Waals surface area (Å²) in [5.74, 6) is 1.23. The van der Waals surface area contributed by atoms with Crippen molar-refractivity contribution in [3.8, 4) is 0 Å². The van der Waals surface area contributed by atoms with E-state index in [1.807, 2.05) is 13.0 Å². The van der Waals surface area contributed by atoms with Crippen molar-refractivity contribution in [2.75, 3.05) is 0 Å². The molecular weight excluding hydrogens is 198 g/mol. The van der Waals surface area contributed by atoms with Crippen LogP contribution >= 0.6 is 0 Å². The highest BCUT2D eigenvalue weighted by molar-refractivity contribution is 5.71. The molecule has 0 aliphatic carbocycles. The molecule has 3 heterocycles. The number of aromatic nitrogens is 3. The number of imidazole rings is 1. The Morgan fingerprint density at radius 3 is 2.88 bits per heavy atom. The van der Waals surface area contributed by atoms with E-state index in [2.05, 4.69) is 15.6 Å². The molecule has 16 heavy (non-hydrogen) atoms.